The first kappa shape index (κ1) is 29.8. The summed E-state index contributed by atoms with van der Waals surface area (Å²) < 4.78 is 95.0. The van der Waals surface area contributed by atoms with Crippen molar-refractivity contribution in [2.24, 2.45) is 0 Å². The van der Waals surface area contributed by atoms with E-state index in [4.69, 9.17) is 0 Å². The standard InChI is InChI=1S/C32H22BrF6N2S2/c1-18-24(15-26(42-18)21-7-11-40-12-8-21)28-29(31(36,37)32(38,39)30(28,34)35)25-16-27(43-19(25)2)22-9-13-41(14-10-22)17-20-3-5-23(33)6-4-20/h3-16H,17H2,1-2H3/q+1. The summed E-state index contributed by atoms with van der Waals surface area (Å²) in [5, 5.41) is 0. The van der Waals surface area contributed by atoms with Gasteiger partial charge >= 0.3 is 17.8 Å². The first-order valence-corrected chi connectivity index (χ1v) is 15.5. The zero-order valence-corrected chi connectivity index (χ0v) is 25.9. The van der Waals surface area contributed by atoms with Crippen molar-refractivity contribution in [3.05, 3.63) is 116 Å². The summed E-state index contributed by atoms with van der Waals surface area (Å²) in [6.45, 7) is 3.55. The largest absolute Gasteiger partial charge is 0.380 e. The van der Waals surface area contributed by atoms with Gasteiger partial charge < -0.3 is 0 Å². The average molecular weight is 693 g/mol. The van der Waals surface area contributed by atoms with E-state index < -0.39 is 28.9 Å². The van der Waals surface area contributed by atoms with Crippen LogP contribution in [0.25, 0.3) is 32.0 Å². The average Bonchev–Trinajstić information content (AvgIpc) is 3.57. The SMILES string of the molecule is Cc1sc(-c2ccncc2)cc1C1=C(c2cc(-c3cc[n+](Cc4ccc(Br)cc4)cc3)sc2C)C(F)(F)C(F)(F)C1(F)F. The predicted octanol–water partition coefficient (Wildman–Crippen LogP) is 10.1. The van der Waals surface area contributed by atoms with Gasteiger partial charge in [-0.25, -0.2) is 4.57 Å². The number of aryl methyl sites for hydroxylation is 2. The second kappa shape index (κ2) is 10.7. The number of benzene rings is 1. The van der Waals surface area contributed by atoms with Gasteiger partial charge in [0, 0.05) is 70.8 Å². The molecule has 1 aliphatic carbocycles. The summed E-state index contributed by atoms with van der Waals surface area (Å²) in [5.41, 5.74) is -0.938. The molecule has 0 spiro atoms. The molecule has 1 aliphatic rings. The molecule has 4 aromatic heterocycles. The van der Waals surface area contributed by atoms with Crippen molar-refractivity contribution in [1.82, 2.24) is 4.98 Å². The van der Waals surface area contributed by atoms with Crippen molar-refractivity contribution < 1.29 is 30.9 Å². The molecule has 0 N–H and O–H groups in total. The van der Waals surface area contributed by atoms with Gasteiger partial charge in [0.15, 0.2) is 18.9 Å². The Bertz CT molecular complexity index is 1840. The van der Waals surface area contributed by atoms with E-state index in [1.807, 2.05) is 41.2 Å². The van der Waals surface area contributed by atoms with Crippen LogP contribution in [0.3, 0.4) is 0 Å². The summed E-state index contributed by atoms with van der Waals surface area (Å²) in [6, 6.07) is 17.3. The number of aromatic nitrogens is 2. The van der Waals surface area contributed by atoms with Gasteiger partial charge in [0.2, 0.25) is 0 Å². The number of halogens is 7. The van der Waals surface area contributed by atoms with E-state index in [-0.39, 0.29) is 20.9 Å². The van der Waals surface area contributed by atoms with E-state index >= 15 is 17.6 Å². The maximum Gasteiger partial charge on any atom is 0.380 e. The Kier molecular flexibility index (Phi) is 7.42. The molecule has 0 saturated carbocycles. The lowest BCUT2D eigenvalue weighted by atomic mass is 9.94. The van der Waals surface area contributed by atoms with Gasteiger partial charge in [-0.15, -0.1) is 22.7 Å². The molecule has 11 heteroatoms. The van der Waals surface area contributed by atoms with Crippen molar-refractivity contribution in [2.75, 3.05) is 0 Å². The fourth-order valence-electron chi connectivity index (χ4n) is 5.22. The summed E-state index contributed by atoms with van der Waals surface area (Å²) in [4.78, 5) is 5.39. The van der Waals surface area contributed by atoms with Crippen LogP contribution in [0.5, 0.6) is 0 Å². The van der Waals surface area contributed by atoms with E-state index in [0.717, 1.165) is 32.7 Å². The van der Waals surface area contributed by atoms with Crippen molar-refractivity contribution in [3.8, 4) is 20.9 Å². The molecule has 43 heavy (non-hydrogen) atoms. The Balaban J connectivity index is 1.44. The second-order valence-corrected chi connectivity index (χ2v) is 13.7. The molecule has 0 unspecified atom stereocenters. The van der Waals surface area contributed by atoms with Crippen LogP contribution >= 0.6 is 38.6 Å². The first-order chi connectivity index (χ1) is 20.3. The van der Waals surface area contributed by atoms with Crippen LogP contribution in [0.2, 0.25) is 0 Å². The van der Waals surface area contributed by atoms with Gasteiger partial charge in [-0.2, -0.15) is 26.3 Å². The third kappa shape index (κ3) is 4.95. The Morgan fingerprint density at radius 1 is 0.698 bits per heavy atom. The molecule has 0 aliphatic heterocycles. The Labute approximate surface area is 260 Å². The number of hydrogen-bond donors (Lipinski definition) is 0. The Hall–Kier alpha value is -3.28. The van der Waals surface area contributed by atoms with Crippen LogP contribution in [0.1, 0.15) is 26.4 Å². The summed E-state index contributed by atoms with van der Waals surface area (Å²) in [6.07, 6.45) is 6.64. The van der Waals surface area contributed by atoms with E-state index in [1.54, 1.807) is 24.3 Å². The molecular formula is C32H22BrF6N2S2+. The topological polar surface area (TPSA) is 16.8 Å². The minimum Gasteiger partial charge on any atom is -0.265 e. The van der Waals surface area contributed by atoms with Crippen LogP contribution in [0, 0.1) is 13.8 Å². The van der Waals surface area contributed by atoms with E-state index in [0.29, 0.717) is 27.4 Å². The highest BCUT2D eigenvalue weighted by Crippen LogP contribution is 2.66. The zero-order valence-electron chi connectivity index (χ0n) is 22.6. The quantitative estimate of drug-likeness (QED) is 0.128. The fraction of sp³-hybridized carbons (Fsp3) is 0.188. The number of allylic oxidation sites excluding steroid dienone is 2. The van der Waals surface area contributed by atoms with Crippen LogP contribution in [-0.4, -0.2) is 22.8 Å². The monoisotopic (exact) mass is 691 g/mol. The van der Waals surface area contributed by atoms with Crippen molar-refractivity contribution in [2.45, 2.75) is 38.2 Å². The lowest BCUT2D eigenvalue weighted by Crippen LogP contribution is -2.48. The molecule has 4 heterocycles. The van der Waals surface area contributed by atoms with Gasteiger partial charge in [0.1, 0.15) is 0 Å². The molecule has 0 atom stereocenters. The lowest BCUT2D eigenvalue weighted by Gasteiger charge is -2.25. The predicted molar refractivity (Wildman–Crippen MR) is 162 cm³/mol. The maximum absolute atomic E-state index is 15.5. The van der Waals surface area contributed by atoms with Crippen molar-refractivity contribution in [1.29, 1.82) is 0 Å². The number of thiophene rings is 2. The summed E-state index contributed by atoms with van der Waals surface area (Å²) in [7, 11) is 0. The van der Waals surface area contributed by atoms with Gasteiger partial charge in [0.05, 0.1) is 0 Å². The smallest absolute Gasteiger partial charge is 0.265 e. The molecule has 5 aromatic rings. The molecule has 1 aromatic carbocycles. The number of alkyl halides is 6. The Morgan fingerprint density at radius 2 is 1.16 bits per heavy atom. The maximum atomic E-state index is 15.5. The number of hydrogen-bond acceptors (Lipinski definition) is 3. The third-order valence-electron chi connectivity index (χ3n) is 7.46. The molecule has 6 rings (SSSR count). The lowest BCUT2D eigenvalue weighted by molar-refractivity contribution is -0.688. The molecule has 0 bridgehead atoms. The van der Waals surface area contributed by atoms with Crippen LogP contribution in [-0.2, 0) is 6.54 Å². The van der Waals surface area contributed by atoms with Crippen molar-refractivity contribution >= 4 is 49.7 Å². The third-order valence-corrected chi connectivity index (χ3v) is 10.2. The highest BCUT2D eigenvalue weighted by molar-refractivity contribution is 9.10. The first-order valence-electron chi connectivity index (χ1n) is 13.1. The van der Waals surface area contributed by atoms with Gasteiger partial charge in [-0.3, -0.25) is 4.98 Å². The minimum absolute atomic E-state index is 0.235. The van der Waals surface area contributed by atoms with Crippen molar-refractivity contribution in [3.63, 3.8) is 0 Å². The highest BCUT2D eigenvalue weighted by Gasteiger charge is 2.80. The Morgan fingerprint density at radius 3 is 1.65 bits per heavy atom. The number of nitrogens with zero attached hydrogens (tertiary/aromatic N) is 2. The number of pyridine rings is 2. The minimum atomic E-state index is -5.62. The fourth-order valence-corrected chi connectivity index (χ4v) is 7.55. The zero-order chi connectivity index (χ0) is 30.7. The molecule has 0 amide bonds. The van der Waals surface area contributed by atoms with E-state index in [1.165, 1.54) is 38.4 Å². The molecule has 0 saturated heterocycles. The van der Waals surface area contributed by atoms with Crippen LogP contribution < -0.4 is 4.57 Å². The normalized spacial score (nSPS) is 17.0. The molecule has 0 fully saturated rings. The highest BCUT2D eigenvalue weighted by atomic mass is 79.9. The second-order valence-electron chi connectivity index (χ2n) is 10.3. The van der Waals surface area contributed by atoms with E-state index in [2.05, 4.69) is 20.9 Å². The van der Waals surface area contributed by atoms with Gasteiger partial charge in [-0.1, -0.05) is 28.1 Å². The van der Waals surface area contributed by atoms with E-state index in [9.17, 15) is 8.78 Å². The summed E-state index contributed by atoms with van der Waals surface area (Å²) >= 11 is 5.58. The molecular weight excluding hydrogens is 670 g/mol. The number of rotatable bonds is 6. The van der Waals surface area contributed by atoms with Gasteiger partial charge in [-0.05, 0) is 66.9 Å². The molecule has 2 nitrogen and oxygen atoms in total. The molecule has 0 radical (unpaired) electrons. The molecule has 220 valence electrons. The summed E-state index contributed by atoms with van der Waals surface area (Å²) in [5.74, 6) is -15.8. The van der Waals surface area contributed by atoms with Crippen LogP contribution in [0.4, 0.5) is 26.3 Å². The van der Waals surface area contributed by atoms with Gasteiger partial charge in [0.25, 0.3) is 0 Å². The van der Waals surface area contributed by atoms with Crippen LogP contribution in [0.15, 0.2) is 89.9 Å².